The summed E-state index contributed by atoms with van der Waals surface area (Å²) in [4.78, 5) is 32.3. The van der Waals surface area contributed by atoms with E-state index in [2.05, 4.69) is 18.8 Å². The molecule has 2 heterocycles. The van der Waals surface area contributed by atoms with Crippen molar-refractivity contribution >= 4 is 28.8 Å². The van der Waals surface area contributed by atoms with E-state index in [1.807, 2.05) is 31.2 Å². The second kappa shape index (κ2) is 10.3. The molecule has 1 aromatic rings. The fraction of sp³-hybridized carbons (Fsp3) is 0.522. The molecule has 168 valence electrons. The van der Waals surface area contributed by atoms with Gasteiger partial charge in [0.15, 0.2) is 5.17 Å². The Hall–Kier alpha value is -2.32. The molecule has 2 aliphatic heterocycles. The van der Waals surface area contributed by atoms with Gasteiger partial charge >= 0.3 is 5.97 Å². The van der Waals surface area contributed by atoms with Crippen LogP contribution in [0.3, 0.4) is 0 Å². The van der Waals surface area contributed by atoms with Crippen LogP contribution in [0.4, 0.5) is 0 Å². The summed E-state index contributed by atoms with van der Waals surface area (Å²) in [6.07, 6.45) is 0.695. The zero-order valence-corrected chi connectivity index (χ0v) is 19.5. The molecule has 0 radical (unpaired) electrons. The van der Waals surface area contributed by atoms with E-state index in [-0.39, 0.29) is 17.8 Å². The largest absolute Gasteiger partial charge is 0.493 e. The fourth-order valence-electron chi connectivity index (χ4n) is 3.47. The lowest BCUT2D eigenvalue weighted by atomic mass is 9.94. The highest BCUT2D eigenvalue weighted by molar-refractivity contribution is 8.15. The predicted octanol–water partition coefficient (Wildman–Crippen LogP) is 3.95. The maximum absolute atomic E-state index is 13.1. The first kappa shape index (κ1) is 23.3. The summed E-state index contributed by atoms with van der Waals surface area (Å²) in [5, 5.41) is 0.430. The van der Waals surface area contributed by atoms with Crippen molar-refractivity contribution in [2.75, 3.05) is 26.9 Å². The topological polar surface area (TPSA) is 77.4 Å². The third kappa shape index (κ3) is 5.13. The van der Waals surface area contributed by atoms with E-state index in [0.717, 1.165) is 11.3 Å². The van der Waals surface area contributed by atoms with Gasteiger partial charge in [-0.05, 0) is 37.0 Å². The lowest BCUT2D eigenvalue weighted by molar-refractivity contribution is -0.141. The number of esters is 1. The Morgan fingerprint density at radius 3 is 2.55 bits per heavy atom. The quantitative estimate of drug-likeness (QED) is 0.422. The Morgan fingerprint density at radius 2 is 1.94 bits per heavy atom. The number of ether oxygens (including phenoxy) is 3. The fourth-order valence-corrected chi connectivity index (χ4v) is 4.60. The third-order valence-electron chi connectivity index (χ3n) is 5.04. The maximum Gasteiger partial charge on any atom is 0.338 e. The molecule has 2 atom stereocenters. The molecule has 3 rings (SSSR count). The molecular formula is C23H30N2O5S. The number of aliphatic imine (C=N–C) groups is 1. The molecule has 0 spiro atoms. The summed E-state index contributed by atoms with van der Waals surface area (Å²) in [6.45, 7) is 9.00. The van der Waals surface area contributed by atoms with Gasteiger partial charge in [-0.2, -0.15) is 0 Å². The normalized spacial score (nSPS) is 20.8. The average Bonchev–Trinajstić information content (AvgIpc) is 3.06. The number of methoxy groups -OCH3 is 1. The molecule has 1 fully saturated rings. The van der Waals surface area contributed by atoms with Crippen molar-refractivity contribution in [2.24, 2.45) is 10.9 Å². The van der Waals surface area contributed by atoms with E-state index in [1.165, 1.54) is 11.8 Å². The van der Waals surface area contributed by atoms with Crippen molar-refractivity contribution in [1.82, 2.24) is 4.90 Å². The smallest absolute Gasteiger partial charge is 0.338 e. The van der Waals surface area contributed by atoms with Crippen molar-refractivity contribution < 1.29 is 23.8 Å². The number of fused-ring (bicyclic) bond motifs is 1. The maximum atomic E-state index is 13.1. The van der Waals surface area contributed by atoms with Crippen molar-refractivity contribution in [3.63, 3.8) is 0 Å². The Balaban J connectivity index is 1.96. The van der Waals surface area contributed by atoms with Crippen LogP contribution in [0.15, 0.2) is 40.5 Å². The summed E-state index contributed by atoms with van der Waals surface area (Å²) in [6, 6.07) is 6.96. The molecule has 2 aliphatic rings. The molecular weight excluding hydrogens is 416 g/mol. The summed E-state index contributed by atoms with van der Waals surface area (Å²) < 4.78 is 16.2. The van der Waals surface area contributed by atoms with Crippen LogP contribution in [0.2, 0.25) is 0 Å². The standard InChI is InChI=1S/C23H30N2O5S/c1-6-18-21(26)25-20(16-7-9-17(10-8-16)30-13-14(2)3)19(15(4)24-23(25)31-18)22(27)29-12-11-28-5/h7-10,14,18,20H,6,11-13H2,1-5H3. The summed E-state index contributed by atoms with van der Waals surface area (Å²) >= 11 is 1.45. The highest BCUT2D eigenvalue weighted by atomic mass is 32.2. The number of hydrogen-bond acceptors (Lipinski definition) is 7. The van der Waals surface area contributed by atoms with Crippen LogP contribution >= 0.6 is 11.8 Å². The summed E-state index contributed by atoms with van der Waals surface area (Å²) in [5.74, 6) is 0.646. The third-order valence-corrected chi connectivity index (χ3v) is 6.36. The number of carbonyl (C=O) groups excluding carboxylic acids is 2. The second-order valence-corrected chi connectivity index (χ2v) is 9.09. The Bertz CT molecular complexity index is 878. The second-order valence-electron chi connectivity index (χ2n) is 7.92. The van der Waals surface area contributed by atoms with Crippen LogP contribution in [0.25, 0.3) is 0 Å². The highest BCUT2D eigenvalue weighted by Crippen LogP contribution is 2.44. The number of rotatable bonds is 9. The molecule has 31 heavy (non-hydrogen) atoms. The molecule has 0 N–H and O–H groups in total. The van der Waals surface area contributed by atoms with Gasteiger partial charge in [-0.15, -0.1) is 0 Å². The van der Waals surface area contributed by atoms with Gasteiger partial charge in [-0.25, -0.2) is 9.79 Å². The predicted molar refractivity (Wildman–Crippen MR) is 121 cm³/mol. The minimum Gasteiger partial charge on any atom is -0.493 e. The first-order valence-corrected chi connectivity index (χ1v) is 11.4. The molecule has 1 amide bonds. The molecule has 1 aromatic carbocycles. The van der Waals surface area contributed by atoms with Crippen molar-refractivity contribution in [3.8, 4) is 5.75 Å². The number of amides is 1. The van der Waals surface area contributed by atoms with E-state index in [4.69, 9.17) is 14.2 Å². The lowest BCUT2D eigenvalue weighted by Gasteiger charge is -2.33. The van der Waals surface area contributed by atoms with Crippen LogP contribution in [0, 0.1) is 5.92 Å². The number of carbonyl (C=O) groups is 2. The minimum absolute atomic E-state index is 0.0360. The van der Waals surface area contributed by atoms with E-state index in [1.54, 1.807) is 18.9 Å². The number of amidine groups is 1. The van der Waals surface area contributed by atoms with E-state index >= 15 is 0 Å². The molecule has 2 unspecified atom stereocenters. The first-order valence-electron chi connectivity index (χ1n) is 10.5. The van der Waals surface area contributed by atoms with Crippen molar-refractivity contribution in [2.45, 2.75) is 45.4 Å². The SMILES string of the molecule is CCC1SC2=NC(C)=C(C(=O)OCCOC)C(c3ccc(OCC(C)C)cc3)N2C1=O. The van der Waals surface area contributed by atoms with Crippen LogP contribution in [0.5, 0.6) is 5.75 Å². The number of allylic oxidation sites excluding steroid dienone is 1. The van der Waals surface area contributed by atoms with Gasteiger partial charge in [0.2, 0.25) is 5.91 Å². The Morgan fingerprint density at radius 1 is 1.23 bits per heavy atom. The Kier molecular flexibility index (Phi) is 7.78. The molecule has 0 aliphatic carbocycles. The molecule has 0 saturated carbocycles. The summed E-state index contributed by atoms with van der Waals surface area (Å²) in [7, 11) is 1.55. The molecule has 0 aromatic heterocycles. The highest BCUT2D eigenvalue weighted by Gasteiger charge is 2.47. The van der Waals surface area contributed by atoms with Crippen molar-refractivity contribution in [3.05, 3.63) is 41.1 Å². The lowest BCUT2D eigenvalue weighted by Crippen LogP contribution is -2.40. The Labute approximate surface area is 187 Å². The van der Waals surface area contributed by atoms with Gasteiger partial charge < -0.3 is 14.2 Å². The van der Waals surface area contributed by atoms with Gasteiger partial charge in [0, 0.05) is 7.11 Å². The van der Waals surface area contributed by atoms with E-state index in [0.29, 0.717) is 42.0 Å². The molecule has 0 bridgehead atoms. The van der Waals surface area contributed by atoms with Gasteiger partial charge in [0.1, 0.15) is 12.4 Å². The average molecular weight is 447 g/mol. The number of benzene rings is 1. The zero-order chi connectivity index (χ0) is 22.5. The van der Waals surface area contributed by atoms with Gasteiger partial charge in [0.25, 0.3) is 0 Å². The van der Waals surface area contributed by atoms with Crippen LogP contribution in [-0.2, 0) is 19.1 Å². The first-order chi connectivity index (χ1) is 14.9. The van der Waals surface area contributed by atoms with Crippen LogP contribution < -0.4 is 4.74 Å². The van der Waals surface area contributed by atoms with Gasteiger partial charge in [-0.3, -0.25) is 9.69 Å². The molecule has 1 saturated heterocycles. The number of nitrogens with zero attached hydrogens (tertiary/aromatic N) is 2. The van der Waals surface area contributed by atoms with E-state index in [9.17, 15) is 9.59 Å². The molecule has 7 nitrogen and oxygen atoms in total. The number of thioether (sulfide) groups is 1. The van der Waals surface area contributed by atoms with E-state index < -0.39 is 12.0 Å². The minimum atomic E-state index is -0.585. The van der Waals surface area contributed by atoms with Crippen LogP contribution in [-0.4, -0.2) is 54.1 Å². The zero-order valence-electron chi connectivity index (χ0n) is 18.7. The monoisotopic (exact) mass is 446 g/mol. The van der Waals surface area contributed by atoms with Crippen molar-refractivity contribution in [1.29, 1.82) is 0 Å². The van der Waals surface area contributed by atoms with Gasteiger partial charge in [0.05, 0.1) is 35.8 Å². The van der Waals surface area contributed by atoms with Gasteiger partial charge in [-0.1, -0.05) is 44.7 Å². The summed E-state index contributed by atoms with van der Waals surface area (Å²) in [5.41, 5.74) is 1.75. The number of hydrogen-bond donors (Lipinski definition) is 0. The van der Waals surface area contributed by atoms with Crippen LogP contribution in [0.1, 0.15) is 45.7 Å². The molecule has 8 heteroatoms.